The number of aromatic nitrogens is 2. The fourth-order valence-electron chi connectivity index (χ4n) is 3.75. The lowest BCUT2D eigenvalue weighted by molar-refractivity contribution is 0.0631. The number of carbonyl (C=O) groups excluding carboxylic acids is 2. The van der Waals surface area contributed by atoms with Crippen molar-refractivity contribution in [3.8, 4) is 11.5 Å². The van der Waals surface area contributed by atoms with E-state index in [9.17, 15) is 9.59 Å². The van der Waals surface area contributed by atoms with Crippen LogP contribution in [0.5, 0.6) is 11.5 Å². The van der Waals surface area contributed by atoms with E-state index < -0.39 is 0 Å². The smallest absolute Gasteiger partial charge is 0.274 e. The highest BCUT2D eigenvalue weighted by molar-refractivity contribution is 5.99. The van der Waals surface area contributed by atoms with Crippen LogP contribution in [0.25, 0.3) is 0 Å². The Bertz CT molecular complexity index is 1020. The second-order valence-electron chi connectivity index (χ2n) is 7.69. The van der Waals surface area contributed by atoms with Crippen molar-refractivity contribution in [3.05, 3.63) is 77.6 Å². The number of likely N-dealkylation sites (tertiary alicyclic amines) is 1. The van der Waals surface area contributed by atoms with Crippen LogP contribution in [0.1, 0.15) is 39.4 Å². The largest absolute Gasteiger partial charge is 0.457 e. The third-order valence-corrected chi connectivity index (χ3v) is 5.53. The molecule has 1 aromatic heterocycles. The maximum Gasteiger partial charge on any atom is 0.274 e. The zero-order valence-electron chi connectivity index (χ0n) is 17.2. The lowest BCUT2D eigenvalue weighted by atomic mass is 9.90. The summed E-state index contributed by atoms with van der Waals surface area (Å²) in [6, 6.07) is 18.5. The topological polar surface area (TPSA) is 64.4 Å². The number of piperidine rings is 1. The summed E-state index contributed by atoms with van der Waals surface area (Å²) in [4.78, 5) is 27.6. The number of benzene rings is 2. The molecule has 0 N–H and O–H groups in total. The van der Waals surface area contributed by atoms with Crippen molar-refractivity contribution in [1.82, 2.24) is 14.7 Å². The molecule has 4 rings (SSSR count). The first kappa shape index (κ1) is 19.9. The highest BCUT2D eigenvalue weighted by atomic mass is 16.5. The lowest BCUT2D eigenvalue weighted by Gasteiger charge is -2.31. The van der Waals surface area contributed by atoms with Gasteiger partial charge in [0.15, 0.2) is 11.5 Å². The average Bonchev–Trinajstić information content (AvgIpc) is 3.12. The fraction of sp³-hybridized carbons (Fsp3) is 0.292. The van der Waals surface area contributed by atoms with E-state index in [-0.39, 0.29) is 17.6 Å². The van der Waals surface area contributed by atoms with Gasteiger partial charge in [0, 0.05) is 37.3 Å². The van der Waals surface area contributed by atoms with Crippen molar-refractivity contribution in [3.63, 3.8) is 0 Å². The van der Waals surface area contributed by atoms with Gasteiger partial charge >= 0.3 is 0 Å². The van der Waals surface area contributed by atoms with Gasteiger partial charge in [0.2, 0.25) is 0 Å². The summed E-state index contributed by atoms with van der Waals surface area (Å²) in [6.45, 7) is 3.00. The second kappa shape index (κ2) is 8.53. The number of ketones is 1. The predicted octanol–water partition coefficient (Wildman–Crippen LogP) is 4.26. The zero-order chi connectivity index (χ0) is 21.1. The molecular weight excluding hydrogens is 378 g/mol. The number of hydrogen-bond donors (Lipinski definition) is 0. The molecule has 6 heteroatoms. The number of amides is 1. The molecule has 2 aromatic carbocycles. The number of rotatable bonds is 5. The molecule has 30 heavy (non-hydrogen) atoms. The Hall–Kier alpha value is -3.41. The van der Waals surface area contributed by atoms with Crippen LogP contribution in [0.2, 0.25) is 0 Å². The normalized spacial score (nSPS) is 16.3. The van der Waals surface area contributed by atoms with Gasteiger partial charge in [-0.3, -0.25) is 14.3 Å². The van der Waals surface area contributed by atoms with Crippen LogP contribution in [0.15, 0.2) is 60.7 Å². The summed E-state index contributed by atoms with van der Waals surface area (Å²) >= 11 is 0. The van der Waals surface area contributed by atoms with Gasteiger partial charge in [-0.15, -0.1) is 0 Å². The number of carbonyl (C=O) groups is 2. The Labute approximate surface area is 176 Å². The van der Waals surface area contributed by atoms with E-state index in [4.69, 9.17) is 4.74 Å². The van der Waals surface area contributed by atoms with Crippen LogP contribution in [0.3, 0.4) is 0 Å². The molecule has 1 aliphatic rings. The quantitative estimate of drug-likeness (QED) is 0.597. The summed E-state index contributed by atoms with van der Waals surface area (Å²) in [7, 11) is 1.82. The number of aryl methyl sites for hydroxylation is 2. The third kappa shape index (κ3) is 4.27. The number of hydrogen-bond acceptors (Lipinski definition) is 4. The molecule has 0 bridgehead atoms. The Kier molecular flexibility index (Phi) is 5.65. The molecular formula is C24H25N3O3. The Morgan fingerprint density at radius 3 is 2.40 bits per heavy atom. The van der Waals surface area contributed by atoms with Crippen molar-refractivity contribution in [1.29, 1.82) is 0 Å². The first-order valence-electron chi connectivity index (χ1n) is 10.2. The van der Waals surface area contributed by atoms with Gasteiger partial charge in [-0.25, -0.2) is 0 Å². The highest BCUT2D eigenvalue weighted by Gasteiger charge is 2.30. The molecule has 154 valence electrons. The van der Waals surface area contributed by atoms with Crippen LogP contribution in [-0.4, -0.2) is 39.5 Å². The van der Waals surface area contributed by atoms with E-state index in [2.05, 4.69) is 5.10 Å². The van der Waals surface area contributed by atoms with E-state index in [1.807, 2.05) is 56.4 Å². The van der Waals surface area contributed by atoms with Crippen LogP contribution >= 0.6 is 0 Å². The van der Waals surface area contributed by atoms with Gasteiger partial charge in [-0.1, -0.05) is 18.2 Å². The summed E-state index contributed by atoms with van der Waals surface area (Å²) in [5, 5.41) is 4.28. The molecule has 1 aliphatic heterocycles. The molecule has 2 heterocycles. The van der Waals surface area contributed by atoms with E-state index in [0.29, 0.717) is 30.1 Å². The molecule has 0 aliphatic carbocycles. The second-order valence-corrected chi connectivity index (χ2v) is 7.69. The Morgan fingerprint density at radius 2 is 1.73 bits per heavy atom. The Morgan fingerprint density at radius 1 is 1.03 bits per heavy atom. The Balaban J connectivity index is 1.42. The minimum atomic E-state index is -0.201. The van der Waals surface area contributed by atoms with Crippen LogP contribution in [0, 0.1) is 12.8 Å². The lowest BCUT2D eigenvalue weighted by Crippen LogP contribution is -2.42. The van der Waals surface area contributed by atoms with Gasteiger partial charge in [-0.2, -0.15) is 5.10 Å². The first-order valence-corrected chi connectivity index (χ1v) is 10.2. The molecule has 1 amide bonds. The molecule has 6 nitrogen and oxygen atoms in total. The molecule has 1 saturated heterocycles. The van der Waals surface area contributed by atoms with E-state index in [0.717, 1.165) is 24.3 Å². The maximum absolute atomic E-state index is 13.0. The molecule has 1 atom stereocenters. The highest BCUT2D eigenvalue weighted by Crippen LogP contribution is 2.25. The average molecular weight is 403 g/mol. The zero-order valence-corrected chi connectivity index (χ0v) is 17.2. The van der Waals surface area contributed by atoms with Crippen LogP contribution < -0.4 is 4.74 Å². The van der Waals surface area contributed by atoms with Gasteiger partial charge in [0.25, 0.3) is 5.91 Å². The maximum atomic E-state index is 13.0. The van der Waals surface area contributed by atoms with Crippen molar-refractivity contribution < 1.29 is 14.3 Å². The molecule has 1 fully saturated rings. The summed E-state index contributed by atoms with van der Waals surface area (Å²) in [6.07, 6.45) is 1.59. The predicted molar refractivity (Wildman–Crippen MR) is 114 cm³/mol. The molecule has 0 radical (unpaired) electrons. The summed E-state index contributed by atoms with van der Waals surface area (Å²) in [5.74, 6) is 1.19. The summed E-state index contributed by atoms with van der Waals surface area (Å²) in [5.41, 5.74) is 2.01. The first-order chi connectivity index (χ1) is 14.5. The van der Waals surface area contributed by atoms with Gasteiger partial charge < -0.3 is 9.64 Å². The van der Waals surface area contributed by atoms with Gasteiger partial charge in [0.05, 0.1) is 0 Å². The van der Waals surface area contributed by atoms with Crippen molar-refractivity contribution in [2.75, 3.05) is 13.1 Å². The van der Waals surface area contributed by atoms with Crippen molar-refractivity contribution in [2.45, 2.75) is 19.8 Å². The standard InChI is InChI=1S/C24H25N3O3/c1-17-15-22(25-26(17)2)24(29)27-14-6-7-19(16-27)23(28)18-10-12-21(13-11-18)30-20-8-4-3-5-9-20/h3-5,8-13,15,19H,6-7,14,16H2,1-2H3/t19-/m1/s1. The SMILES string of the molecule is Cc1cc(C(=O)N2CCC[C@@H](C(=O)c3ccc(Oc4ccccc4)cc3)C2)nn1C. The van der Waals surface area contributed by atoms with Gasteiger partial charge in [-0.05, 0) is 62.2 Å². The van der Waals surface area contributed by atoms with E-state index in [1.165, 1.54) is 0 Å². The van der Waals surface area contributed by atoms with Gasteiger partial charge in [0.1, 0.15) is 11.5 Å². The minimum Gasteiger partial charge on any atom is -0.457 e. The summed E-state index contributed by atoms with van der Waals surface area (Å²) < 4.78 is 7.49. The van der Waals surface area contributed by atoms with Crippen LogP contribution in [-0.2, 0) is 7.05 Å². The van der Waals surface area contributed by atoms with Crippen LogP contribution in [0.4, 0.5) is 0 Å². The fourth-order valence-corrected chi connectivity index (χ4v) is 3.75. The molecule has 0 saturated carbocycles. The molecule has 3 aromatic rings. The van der Waals surface area contributed by atoms with Crippen molar-refractivity contribution >= 4 is 11.7 Å². The number of Topliss-reactive ketones (excluding diaryl/α,β-unsaturated/α-hetero) is 1. The monoisotopic (exact) mass is 403 g/mol. The third-order valence-electron chi connectivity index (χ3n) is 5.53. The number of ether oxygens (including phenoxy) is 1. The minimum absolute atomic E-state index is 0.0657. The number of nitrogens with zero attached hydrogens (tertiary/aromatic N) is 3. The molecule has 0 unspecified atom stereocenters. The van der Waals surface area contributed by atoms with Crippen molar-refractivity contribution in [2.24, 2.45) is 13.0 Å². The van der Waals surface area contributed by atoms with E-state index >= 15 is 0 Å². The molecule has 0 spiro atoms. The van der Waals surface area contributed by atoms with E-state index in [1.54, 1.807) is 27.8 Å². The number of para-hydroxylation sites is 1.